The second-order valence-electron chi connectivity index (χ2n) is 5.23. The van der Waals surface area contributed by atoms with E-state index in [4.69, 9.17) is 5.73 Å². The molecule has 1 aliphatic carbocycles. The first-order chi connectivity index (χ1) is 8.18. The van der Waals surface area contributed by atoms with Crippen molar-refractivity contribution in [1.29, 1.82) is 0 Å². The molecule has 0 saturated carbocycles. The Labute approximate surface area is 104 Å². The molecular formula is C15H23NO. The van der Waals surface area contributed by atoms with Crippen molar-refractivity contribution >= 4 is 0 Å². The van der Waals surface area contributed by atoms with Crippen LogP contribution in [0.15, 0.2) is 24.3 Å². The number of hydrogen-bond donors (Lipinski definition) is 2. The van der Waals surface area contributed by atoms with Gasteiger partial charge in [0.2, 0.25) is 0 Å². The zero-order chi connectivity index (χ0) is 12.3. The number of unbranched alkanes of at least 4 members (excludes halogenated alkanes) is 3. The minimum atomic E-state index is -0.510. The number of aliphatic hydroxyl groups excluding tert-OH is 1. The van der Waals surface area contributed by atoms with Crippen LogP contribution in [0.5, 0.6) is 0 Å². The lowest BCUT2D eigenvalue weighted by atomic mass is 9.85. The van der Waals surface area contributed by atoms with Crippen molar-refractivity contribution in [3.63, 3.8) is 0 Å². The molecule has 2 nitrogen and oxygen atoms in total. The summed E-state index contributed by atoms with van der Waals surface area (Å²) in [6.07, 6.45) is 6.00. The number of rotatable bonds is 5. The van der Waals surface area contributed by atoms with E-state index in [9.17, 15) is 5.11 Å². The Balaban J connectivity index is 2.08. The van der Waals surface area contributed by atoms with Crippen LogP contribution in [0.3, 0.4) is 0 Å². The summed E-state index contributed by atoms with van der Waals surface area (Å²) in [4.78, 5) is 0. The van der Waals surface area contributed by atoms with Gasteiger partial charge in [-0.05, 0) is 17.5 Å². The van der Waals surface area contributed by atoms with Gasteiger partial charge < -0.3 is 10.8 Å². The standard InChI is InChI=1S/C15H23NO/c1-2-3-4-7-10-15(16)13-9-6-5-8-12(13)11-14(15)17/h5-6,8-9,14,17H,2-4,7,10-11,16H2,1H3. The summed E-state index contributed by atoms with van der Waals surface area (Å²) >= 11 is 0. The van der Waals surface area contributed by atoms with Gasteiger partial charge in [-0.25, -0.2) is 0 Å². The molecule has 1 aromatic rings. The highest BCUT2D eigenvalue weighted by Gasteiger charge is 2.41. The topological polar surface area (TPSA) is 46.2 Å². The molecule has 2 rings (SSSR count). The van der Waals surface area contributed by atoms with Crippen LogP contribution >= 0.6 is 0 Å². The lowest BCUT2D eigenvalue weighted by Gasteiger charge is -2.29. The van der Waals surface area contributed by atoms with Crippen LogP contribution < -0.4 is 5.73 Å². The highest BCUT2D eigenvalue weighted by atomic mass is 16.3. The Morgan fingerprint density at radius 3 is 2.82 bits per heavy atom. The third-order valence-corrected chi connectivity index (χ3v) is 3.97. The van der Waals surface area contributed by atoms with E-state index < -0.39 is 11.6 Å². The number of fused-ring (bicyclic) bond motifs is 1. The summed E-state index contributed by atoms with van der Waals surface area (Å²) in [7, 11) is 0. The summed E-state index contributed by atoms with van der Waals surface area (Å²) in [6.45, 7) is 2.21. The van der Waals surface area contributed by atoms with Crippen molar-refractivity contribution in [3.05, 3.63) is 35.4 Å². The van der Waals surface area contributed by atoms with E-state index >= 15 is 0 Å². The van der Waals surface area contributed by atoms with Gasteiger partial charge in [0.05, 0.1) is 11.6 Å². The monoisotopic (exact) mass is 233 g/mol. The van der Waals surface area contributed by atoms with Gasteiger partial charge in [-0.1, -0.05) is 56.9 Å². The molecule has 0 amide bonds. The second kappa shape index (κ2) is 5.19. The molecule has 3 N–H and O–H groups in total. The molecule has 1 aromatic carbocycles. The van der Waals surface area contributed by atoms with Crippen molar-refractivity contribution in [2.24, 2.45) is 5.73 Å². The average Bonchev–Trinajstić information content (AvgIpc) is 2.59. The molecule has 0 aromatic heterocycles. The average molecular weight is 233 g/mol. The van der Waals surface area contributed by atoms with Crippen molar-refractivity contribution in [1.82, 2.24) is 0 Å². The Morgan fingerprint density at radius 2 is 2.06 bits per heavy atom. The van der Waals surface area contributed by atoms with Crippen LogP contribution in [-0.2, 0) is 12.0 Å². The molecule has 0 aliphatic heterocycles. The van der Waals surface area contributed by atoms with E-state index in [1.54, 1.807) is 0 Å². The minimum absolute atomic E-state index is 0.415. The number of nitrogens with two attached hydrogens (primary N) is 1. The minimum Gasteiger partial charge on any atom is -0.391 e. The Morgan fingerprint density at radius 1 is 1.29 bits per heavy atom. The van der Waals surface area contributed by atoms with Crippen LogP contribution in [0, 0.1) is 0 Å². The largest absolute Gasteiger partial charge is 0.391 e. The molecule has 17 heavy (non-hydrogen) atoms. The fourth-order valence-electron chi connectivity index (χ4n) is 2.87. The summed E-state index contributed by atoms with van der Waals surface area (Å²) in [6, 6.07) is 8.20. The van der Waals surface area contributed by atoms with Crippen molar-refractivity contribution < 1.29 is 5.11 Å². The second-order valence-corrected chi connectivity index (χ2v) is 5.23. The van der Waals surface area contributed by atoms with E-state index in [-0.39, 0.29) is 0 Å². The first-order valence-corrected chi connectivity index (χ1v) is 6.74. The van der Waals surface area contributed by atoms with Crippen molar-refractivity contribution in [2.45, 2.75) is 57.1 Å². The third kappa shape index (κ3) is 2.38. The van der Waals surface area contributed by atoms with Crippen LogP contribution in [0.2, 0.25) is 0 Å². The van der Waals surface area contributed by atoms with Gasteiger partial charge >= 0.3 is 0 Å². The first kappa shape index (κ1) is 12.6. The smallest absolute Gasteiger partial charge is 0.0801 e. The van der Waals surface area contributed by atoms with Crippen molar-refractivity contribution in [2.75, 3.05) is 0 Å². The number of benzene rings is 1. The van der Waals surface area contributed by atoms with Gasteiger partial charge in [0.1, 0.15) is 0 Å². The molecule has 0 fully saturated rings. The van der Waals surface area contributed by atoms with Crippen LogP contribution in [0.25, 0.3) is 0 Å². The zero-order valence-corrected chi connectivity index (χ0v) is 10.7. The molecule has 2 atom stereocenters. The summed E-state index contributed by atoms with van der Waals surface area (Å²) < 4.78 is 0. The van der Waals surface area contributed by atoms with Gasteiger partial charge in [-0.15, -0.1) is 0 Å². The fourth-order valence-corrected chi connectivity index (χ4v) is 2.87. The normalized spacial score (nSPS) is 27.1. The molecule has 2 heteroatoms. The van der Waals surface area contributed by atoms with Crippen LogP contribution in [-0.4, -0.2) is 11.2 Å². The highest BCUT2D eigenvalue weighted by Crippen LogP contribution is 2.38. The lowest BCUT2D eigenvalue weighted by Crippen LogP contribution is -2.44. The molecule has 0 bridgehead atoms. The quantitative estimate of drug-likeness (QED) is 0.768. The predicted octanol–water partition coefficient (Wildman–Crippen LogP) is 2.73. The van der Waals surface area contributed by atoms with E-state index in [2.05, 4.69) is 19.1 Å². The van der Waals surface area contributed by atoms with E-state index in [1.807, 2.05) is 12.1 Å². The van der Waals surface area contributed by atoms with Gasteiger partial charge in [0.25, 0.3) is 0 Å². The maximum absolute atomic E-state index is 10.2. The molecule has 0 spiro atoms. The predicted molar refractivity (Wildman–Crippen MR) is 70.8 cm³/mol. The molecule has 2 unspecified atom stereocenters. The zero-order valence-electron chi connectivity index (χ0n) is 10.7. The SMILES string of the molecule is CCCCCCC1(N)c2ccccc2CC1O. The van der Waals surface area contributed by atoms with Gasteiger partial charge in [-0.2, -0.15) is 0 Å². The maximum atomic E-state index is 10.2. The first-order valence-electron chi connectivity index (χ1n) is 6.74. The summed E-state index contributed by atoms with van der Waals surface area (Å²) in [5.74, 6) is 0. The lowest BCUT2D eigenvalue weighted by molar-refractivity contribution is 0.0907. The Bertz CT molecular complexity index is 377. The maximum Gasteiger partial charge on any atom is 0.0801 e. The van der Waals surface area contributed by atoms with E-state index in [1.165, 1.54) is 24.8 Å². The third-order valence-electron chi connectivity index (χ3n) is 3.97. The summed E-state index contributed by atoms with van der Waals surface area (Å²) in [5.41, 5.74) is 8.31. The molecule has 94 valence electrons. The van der Waals surface area contributed by atoms with Crippen molar-refractivity contribution in [3.8, 4) is 0 Å². The fraction of sp³-hybridized carbons (Fsp3) is 0.600. The van der Waals surface area contributed by atoms with Crippen LogP contribution in [0.4, 0.5) is 0 Å². The van der Waals surface area contributed by atoms with Crippen LogP contribution in [0.1, 0.15) is 50.2 Å². The Hall–Kier alpha value is -0.860. The Kier molecular flexibility index (Phi) is 3.85. The molecule has 0 saturated heterocycles. The molecule has 1 aliphatic rings. The highest BCUT2D eigenvalue weighted by molar-refractivity contribution is 5.40. The van der Waals surface area contributed by atoms with E-state index in [0.717, 1.165) is 18.4 Å². The number of aliphatic hydroxyl groups is 1. The van der Waals surface area contributed by atoms with Gasteiger partial charge in [0, 0.05) is 6.42 Å². The van der Waals surface area contributed by atoms with Gasteiger partial charge in [-0.3, -0.25) is 0 Å². The molecule has 0 heterocycles. The van der Waals surface area contributed by atoms with E-state index in [0.29, 0.717) is 6.42 Å². The number of hydrogen-bond acceptors (Lipinski definition) is 2. The molecular weight excluding hydrogens is 210 g/mol. The summed E-state index contributed by atoms with van der Waals surface area (Å²) in [5, 5.41) is 10.2. The van der Waals surface area contributed by atoms with Gasteiger partial charge in [0.15, 0.2) is 0 Å². The molecule has 0 radical (unpaired) electrons.